The molecule has 0 saturated heterocycles. The van der Waals surface area contributed by atoms with E-state index < -0.39 is 0 Å². The summed E-state index contributed by atoms with van der Waals surface area (Å²) in [6.07, 6.45) is 14.8. The van der Waals surface area contributed by atoms with Crippen LogP contribution in [-0.2, 0) is 26.3 Å². The van der Waals surface area contributed by atoms with Crippen LogP contribution in [-0.4, -0.2) is 14.8 Å². The molecule has 0 fully saturated rings. The van der Waals surface area contributed by atoms with Gasteiger partial charge in [0.2, 0.25) is 0 Å². The smallest absolute Gasteiger partial charge is 0.158 e. The molecule has 0 amide bonds. The van der Waals surface area contributed by atoms with Crippen LogP contribution in [0, 0.1) is 0 Å². The maximum absolute atomic E-state index is 4.81. The molecule has 0 unspecified atom stereocenters. The largest absolute Gasteiger partial charge is 0.249 e. The van der Waals surface area contributed by atoms with Gasteiger partial charge >= 0.3 is 0 Å². The number of aromatic nitrogens is 3. The minimum Gasteiger partial charge on any atom is -0.249 e. The molecule has 3 aromatic rings. The van der Waals surface area contributed by atoms with E-state index in [0.29, 0.717) is 0 Å². The Labute approximate surface area is 201 Å². The second-order valence-corrected chi connectivity index (χ2v) is 9.47. The average Bonchev–Trinajstić information content (AvgIpc) is 3.20. The molecule has 1 aromatic heterocycles. The third-order valence-corrected chi connectivity index (χ3v) is 6.43. The summed E-state index contributed by atoms with van der Waals surface area (Å²) in [5, 5.41) is 4.61. The van der Waals surface area contributed by atoms with E-state index in [9.17, 15) is 0 Å². The maximum Gasteiger partial charge on any atom is 0.158 e. The number of hydrogen-bond donors (Lipinski definition) is 0. The van der Waals surface area contributed by atoms with E-state index in [1.165, 1.54) is 86.5 Å². The Morgan fingerprint density at radius 2 is 1.27 bits per heavy atom. The Balaban J connectivity index is 1.87. The summed E-state index contributed by atoms with van der Waals surface area (Å²) in [7, 11) is 2.00. The molecule has 0 aliphatic rings. The van der Waals surface area contributed by atoms with Crippen LogP contribution in [0.15, 0.2) is 42.5 Å². The van der Waals surface area contributed by atoms with Crippen molar-refractivity contribution in [3.05, 3.63) is 59.4 Å². The van der Waals surface area contributed by atoms with Gasteiger partial charge in [0.15, 0.2) is 11.6 Å². The molecule has 0 N–H and O–H groups in total. The molecule has 33 heavy (non-hydrogen) atoms. The topological polar surface area (TPSA) is 30.7 Å². The van der Waals surface area contributed by atoms with Gasteiger partial charge < -0.3 is 0 Å². The zero-order valence-corrected chi connectivity index (χ0v) is 21.4. The monoisotopic (exact) mass is 445 g/mol. The first-order valence-corrected chi connectivity index (χ1v) is 13.3. The number of rotatable bonds is 14. The molecule has 1 heterocycles. The van der Waals surface area contributed by atoms with Crippen molar-refractivity contribution in [2.75, 3.05) is 0 Å². The molecule has 0 atom stereocenters. The molecule has 0 bridgehead atoms. The van der Waals surface area contributed by atoms with Crippen LogP contribution in [0.25, 0.3) is 22.5 Å². The molecule has 0 saturated carbocycles. The highest BCUT2D eigenvalue weighted by molar-refractivity contribution is 5.71. The van der Waals surface area contributed by atoms with Crippen LogP contribution in [0.1, 0.15) is 95.5 Å². The van der Waals surface area contributed by atoms with Crippen LogP contribution in [0.2, 0.25) is 0 Å². The Kier molecular flexibility index (Phi) is 10.2. The fourth-order valence-corrected chi connectivity index (χ4v) is 4.59. The number of aryl methyl sites for hydroxylation is 4. The van der Waals surface area contributed by atoms with E-state index in [0.717, 1.165) is 30.1 Å². The normalized spacial score (nSPS) is 11.3. The lowest BCUT2D eigenvalue weighted by molar-refractivity contribution is 0.661. The highest BCUT2D eigenvalue weighted by Gasteiger charge is 2.11. The van der Waals surface area contributed by atoms with Crippen LogP contribution in [0.4, 0.5) is 0 Å². The van der Waals surface area contributed by atoms with Crippen LogP contribution in [0.3, 0.4) is 0 Å². The number of hydrogen-bond acceptors (Lipinski definition) is 2. The van der Waals surface area contributed by atoms with E-state index in [1.54, 1.807) is 0 Å². The predicted octanol–water partition coefficient (Wildman–Crippen LogP) is 8.35. The van der Waals surface area contributed by atoms with Crippen molar-refractivity contribution in [2.45, 2.75) is 97.8 Å². The lowest BCUT2D eigenvalue weighted by Crippen LogP contribution is -1.96. The Bertz CT molecular complexity index is 956. The molecule has 3 nitrogen and oxygen atoms in total. The van der Waals surface area contributed by atoms with Gasteiger partial charge in [0.1, 0.15) is 0 Å². The van der Waals surface area contributed by atoms with Gasteiger partial charge in [0.25, 0.3) is 0 Å². The molecule has 0 aliphatic carbocycles. The van der Waals surface area contributed by atoms with E-state index >= 15 is 0 Å². The predicted molar refractivity (Wildman–Crippen MR) is 142 cm³/mol. The standard InChI is InChI=1S/C30H43N3/c1-5-8-10-12-16-24-20-25(17-13-11-9-6-2)22-28(21-24)26-18-14-19-27(23-26)30-31-29(15-7-3)32-33(30)4/h14,18-23H,5-13,15-17H2,1-4H3. The van der Waals surface area contributed by atoms with Crippen LogP contribution in [0.5, 0.6) is 0 Å². The van der Waals surface area contributed by atoms with Crippen molar-refractivity contribution >= 4 is 0 Å². The number of nitrogens with zero attached hydrogens (tertiary/aromatic N) is 3. The average molecular weight is 446 g/mol. The van der Waals surface area contributed by atoms with Gasteiger partial charge in [-0.2, -0.15) is 5.10 Å². The Morgan fingerprint density at radius 1 is 0.636 bits per heavy atom. The highest BCUT2D eigenvalue weighted by atomic mass is 15.3. The molecule has 0 spiro atoms. The second kappa shape index (κ2) is 13.3. The fraction of sp³-hybridized carbons (Fsp3) is 0.533. The molecule has 0 radical (unpaired) electrons. The maximum atomic E-state index is 4.81. The third-order valence-electron chi connectivity index (χ3n) is 6.43. The first-order valence-electron chi connectivity index (χ1n) is 13.3. The number of benzene rings is 2. The summed E-state index contributed by atoms with van der Waals surface area (Å²) >= 11 is 0. The Hall–Kier alpha value is -2.42. The SMILES string of the molecule is CCCCCCc1cc(CCCCCC)cc(-c2cccc(-c3nc(CCC)nn3C)c2)c1. The molecular formula is C30H43N3. The van der Waals surface area contributed by atoms with Gasteiger partial charge in [-0.25, -0.2) is 9.67 Å². The fourth-order valence-electron chi connectivity index (χ4n) is 4.59. The van der Waals surface area contributed by atoms with Crippen molar-refractivity contribution in [1.29, 1.82) is 0 Å². The van der Waals surface area contributed by atoms with Gasteiger partial charge in [-0.3, -0.25) is 0 Å². The van der Waals surface area contributed by atoms with E-state index in [-0.39, 0.29) is 0 Å². The number of unbranched alkanes of at least 4 members (excludes halogenated alkanes) is 6. The van der Waals surface area contributed by atoms with E-state index in [4.69, 9.17) is 4.98 Å². The molecular weight excluding hydrogens is 402 g/mol. The summed E-state index contributed by atoms with van der Waals surface area (Å²) in [6.45, 7) is 6.74. The van der Waals surface area contributed by atoms with Gasteiger partial charge in [-0.15, -0.1) is 0 Å². The van der Waals surface area contributed by atoms with Gasteiger partial charge in [-0.1, -0.05) is 95.7 Å². The zero-order chi connectivity index (χ0) is 23.5. The summed E-state index contributed by atoms with van der Waals surface area (Å²) in [5.41, 5.74) is 6.73. The van der Waals surface area contributed by atoms with Crippen molar-refractivity contribution in [1.82, 2.24) is 14.8 Å². The van der Waals surface area contributed by atoms with E-state index in [2.05, 4.69) is 68.3 Å². The third kappa shape index (κ3) is 7.55. The van der Waals surface area contributed by atoms with Gasteiger partial charge in [0.05, 0.1) is 0 Å². The summed E-state index contributed by atoms with van der Waals surface area (Å²) in [5.74, 6) is 1.89. The lowest BCUT2D eigenvalue weighted by atomic mass is 9.94. The first kappa shape index (κ1) is 25.2. The van der Waals surface area contributed by atoms with Gasteiger partial charge in [0, 0.05) is 19.0 Å². The van der Waals surface area contributed by atoms with Crippen LogP contribution >= 0.6 is 0 Å². The van der Waals surface area contributed by atoms with Crippen molar-refractivity contribution in [3.63, 3.8) is 0 Å². The molecule has 3 heteroatoms. The second-order valence-electron chi connectivity index (χ2n) is 9.47. The minimum atomic E-state index is 0.926. The zero-order valence-electron chi connectivity index (χ0n) is 21.4. The van der Waals surface area contributed by atoms with Crippen molar-refractivity contribution in [2.24, 2.45) is 7.05 Å². The molecule has 0 aliphatic heterocycles. The summed E-state index contributed by atoms with van der Waals surface area (Å²) < 4.78 is 1.92. The highest BCUT2D eigenvalue weighted by Crippen LogP contribution is 2.28. The van der Waals surface area contributed by atoms with Gasteiger partial charge in [-0.05, 0) is 60.4 Å². The van der Waals surface area contributed by atoms with E-state index in [1.807, 2.05) is 11.7 Å². The summed E-state index contributed by atoms with van der Waals surface area (Å²) in [6, 6.07) is 16.1. The quantitative estimate of drug-likeness (QED) is 0.233. The summed E-state index contributed by atoms with van der Waals surface area (Å²) in [4.78, 5) is 4.81. The lowest BCUT2D eigenvalue weighted by Gasteiger charge is -2.12. The first-order chi connectivity index (χ1) is 16.1. The van der Waals surface area contributed by atoms with Crippen molar-refractivity contribution < 1.29 is 0 Å². The molecule has 178 valence electrons. The van der Waals surface area contributed by atoms with Crippen LogP contribution < -0.4 is 0 Å². The Morgan fingerprint density at radius 3 is 1.88 bits per heavy atom. The minimum absolute atomic E-state index is 0.926. The molecule has 3 rings (SSSR count). The molecule has 2 aromatic carbocycles. The van der Waals surface area contributed by atoms with Crippen molar-refractivity contribution in [3.8, 4) is 22.5 Å².